The normalized spacial score (nSPS) is 15.4. The van der Waals surface area contributed by atoms with Gasteiger partial charge in [-0.05, 0) is 25.5 Å². The highest BCUT2D eigenvalue weighted by atomic mass is 14.7. The van der Waals surface area contributed by atoms with Gasteiger partial charge in [-0.2, -0.15) is 0 Å². The van der Waals surface area contributed by atoms with Gasteiger partial charge in [-0.25, -0.2) is 0 Å². The van der Waals surface area contributed by atoms with Gasteiger partial charge in [0.25, 0.3) is 0 Å². The molecule has 1 heterocycles. The van der Waals surface area contributed by atoms with Gasteiger partial charge in [-0.3, -0.25) is 4.98 Å². The van der Waals surface area contributed by atoms with E-state index in [-0.39, 0.29) is 6.04 Å². The third-order valence-electron chi connectivity index (χ3n) is 2.49. The van der Waals surface area contributed by atoms with E-state index >= 15 is 0 Å². The predicted octanol–water partition coefficient (Wildman–Crippen LogP) is 2.23. The summed E-state index contributed by atoms with van der Waals surface area (Å²) in [6.07, 6.45) is 0.997. The lowest BCUT2D eigenvalue weighted by Crippen LogP contribution is -2.26. The largest absolute Gasteiger partial charge is 0.327 e. The Labute approximate surface area is 80.2 Å². The number of aryl methyl sites for hydroxylation is 1. The lowest BCUT2D eigenvalue weighted by molar-refractivity contribution is 0.540. The summed E-state index contributed by atoms with van der Waals surface area (Å²) in [5, 5.41) is 0. The Kier molecular flexibility index (Phi) is 3.43. The molecular weight excluding hydrogens is 160 g/mol. The maximum atomic E-state index is 5.96. The third kappa shape index (κ3) is 2.52. The molecule has 1 aromatic rings. The summed E-state index contributed by atoms with van der Waals surface area (Å²) in [6, 6.07) is 6.31. The molecule has 0 aliphatic heterocycles. The summed E-state index contributed by atoms with van der Waals surface area (Å²) < 4.78 is 0. The molecule has 0 aliphatic carbocycles. The first kappa shape index (κ1) is 10.2. The Hall–Kier alpha value is -0.890. The summed E-state index contributed by atoms with van der Waals surface area (Å²) in [5.74, 6) is 0.352. The maximum Gasteiger partial charge on any atom is 0.0450 e. The van der Waals surface area contributed by atoms with Crippen molar-refractivity contribution in [2.45, 2.75) is 39.2 Å². The zero-order chi connectivity index (χ0) is 9.84. The van der Waals surface area contributed by atoms with E-state index in [1.807, 2.05) is 25.1 Å². The molecule has 13 heavy (non-hydrogen) atoms. The fourth-order valence-electron chi connectivity index (χ4n) is 1.39. The fourth-order valence-corrected chi connectivity index (χ4v) is 1.39. The monoisotopic (exact) mass is 178 g/mol. The van der Waals surface area contributed by atoms with Crippen molar-refractivity contribution in [2.24, 2.45) is 5.73 Å². The zero-order valence-electron chi connectivity index (χ0n) is 8.62. The van der Waals surface area contributed by atoms with Crippen molar-refractivity contribution in [3.63, 3.8) is 0 Å². The van der Waals surface area contributed by atoms with E-state index in [2.05, 4.69) is 18.8 Å². The Morgan fingerprint density at radius 3 is 2.69 bits per heavy atom. The minimum absolute atomic E-state index is 0.217. The van der Waals surface area contributed by atoms with E-state index in [1.165, 1.54) is 0 Å². The molecule has 0 fully saturated rings. The van der Waals surface area contributed by atoms with E-state index in [0.717, 1.165) is 17.8 Å². The van der Waals surface area contributed by atoms with Crippen LogP contribution in [0.15, 0.2) is 18.2 Å². The van der Waals surface area contributed by atoms with Gasteiger partial charge in [0.2, 0.25) is 0 Å². The van der Waals surface area contributed by atoms with E-state index in [9.17, 15) is 0 Å². The van der Waals surface area contributed by atoms with Gasteiger partial charge in [0, 0.05) is 23.3 Å². The molecule has 0 amide bonds. The number of aromatic nitrogens is 1. The van der Waals surface area contributed by atoms with Gasteiger partial charge in [-0.1, -0.05) is 19.9 Å². The van der Waals surface area contributed by atoms with Crippen molar-refractivity contribution in [1.82, 2.24) is 4.98 Å². The van der Waals surface area contributed by atoms with E-state index in [1.54, 1.807) is 0 Å². The van der Waals surface area contributed by atoms with Crippen LogP contribution in [0, 0.1) is 6.92 Å². The molecule has 72 valence electrons. The lowest BCUT2D eigenvalue weighted by atomic mass is 9.96. The second kappa shape index (κ2) is 4.38. The molecular formula is C11H18N2. The van der Waals surface area contributed by atoms with Gasteiger partial charge >= 0.3 is 0 Å². The second-order valence-corrected chi connectivity index (χ2v) is 3.56. The summed E-state index contributed by atoms with van der Waals surface area (Å²) in [6.45, 7) is 6.25. The molecule has 1 aromatic heterocycles. The average molecular weight is 178 g/mol. The highest BCUT2D eigenvalue weighted by Crippen LogP contribution is 2.17. The molecule has 0 saturated heterocycles. The number of nitrogens with zero attached hydrogens (tertiary/aromatic N) is 1. The standard InChI is InChI=1S/C11H18N2/c1-4-10(12)9(3)11-7-5-6-8(2)13-11/h5-7,9-10H,4,12H2,1-3H3. The zero-order valence-corrected chi connectivity index (χ0v) is 8.62. The molecule has 0 spiro atoms. The van der Waals surface area contributed by atoms with Crippen LogP contribution in [0.4, 0.5) is 0 Å². The lowest BCUT2D eigenvalue weighted by Gasteiger charge is -2.17. The fraction of sp³-hybridized carbons (Fsp3) is 0.545. The summed E-state index contributed by atoms with van der Waals surface area (Å²) in [7, 11) is 0. The number of nitrogens with two attached hydrogens (primary N) is 1. The Morgan fingerprint density at radius 2 is 2.15 bits per heavy atom. The molecule has 0 saturated carbocycles. The Balaban J connectivity index is 2.82. The minimum atomic E-state index is 0.217. The van der Waals surface area contributed by atoms with Crippen molar-refractivity contribution < 1.29 is 0 Å². The molecule has 2 heteroatoms. The minimum Gasteiger partial charge on any atom is -0.327 e. The molecule has 0 radical (unpaired) electrons. The summed E-state index contributed by atoms with van der Waals surface area (Å²) in [4.78, 5) is 4.46. The van der Waals surface area contributed by atoms with E-state index in [0.29, 0.717) is 5.92 Å². The van der Waals surface area contributed by atoms with Crippen LogP contribution in [0.5, 0.6) is 0 Å². The van der Waals surface area contributed by atoms with Crippen LogP contribution in [0.1, 0.15) is 37.6 Å². The smallest absolute Gasteiger partial charge is 0.0450 e. The first-order valence-electron chi connectivity index (χ1n) is 4.84. The highest BCUT2D eigenvalue weighted by Gasteiger charge is 2.13. The van der Waals surface area contributed by atoms with Gasteiger partial charge in [0.15, 0.2) is 0 Å². The van der Waals surface area contributed by atoms with Crippen LogP contribution in [0.3, 0.4) is 0 Å². The van der Waals surface area contributed by atoms with Crippen molar-refractivity contribution in [3.8, 4) is 0 Å². The van der Waals surface area contributed by atoms with Crippen LogP contribution < -0.4 is 5.73 Å². The Morgan fingerprint density at radius 1 is 1.46 bits per heavy atom. The average Bonchev–Trinajstić information content (AvgIpc) is 2.15. The quantitative estimate of drug-likeness (QED) is 0.771. The molecule has 2 nitrogen and oxygen atoms in total. The number of pyridine rings is 1. The van der Waals surface area contributed by atoms with Crippen molar-refractivity contribution in [1.29, 1.82) is 0 Å². The molecule has 2 atom stereocenters. The van der Waals surface area contributed by atoms with Crippen LogP contribution in [-0.4, -0.2) is 11.0 Å². The topological polar surface area (TPSA) is 38.9 Å². The molecule has 2 unspecified atom stereocenters. The third-order valence-corrected chi connectivity index (χ3v) is 2.49. The number of hydrogen-bond donors (Lipinski definition) is 1. The van der Waals surface area contributed by atoms with Crippen molar-refractivity contribution in [3.05, 3.63) is 29.6 Å². The maximum absolute atomic E-state index is 5.96. The SMILES string of the molecule is CCC(N)C(C)c1cccc(C)n1. The van der Waals surface area contributed by atoms with Crippen LogP contribution in [0.2, 0.25) is 0 Å². The van der Waals surface area contributed by atoms with Crippen LogP contribution >= 0.6 is 0 Å². The highest BCUT2D eigenvalue weighted by molar-refractivity contribution is 5.14. The number of rotatable bonds is 3. The van der Waals surface area contributed by atoms with Gasteiger partial charge in [0.1, 0.15) is 0 Å². The van der Waals surface area contributed by atoms with Crippen molar-refractivity contribution in [2.75, 3.05) is 0 Å². The Bertz CT molecular complexity index is 271. The van der Waals surface area contributed by atoms with E-state index < -0.39 is 0 Å². The second-order valence-electron chi connectivity index (χ2n) is 3.56. The molecule has 1 rings (SSSR count). The summed E-state index contributed by atoms with van der Waals surface area (Å²) in [5.41, 5.74) is 8.13. The van der Waals surface area contributed by atoms with Gasteiger partial charge in [-0.15, -0.1) is 0 Å². The first-order chi connectivity index (χ1) is 6.15. The van der Waals surface area contributed by atoms with E-state index in [4.69, 9.17) is 5.73 Å². The number of hydrogen-bond acceptors (Lipinski definition) is 2. The summed E-state index contributed by atoms with van der Waals surface area (Å²) >= 11 is 0. The van der Waals surface area contributed by atoms with Crippen LogP contribution in [-0.2, 0) is 0 Å². The first-order valence-corrected chi connectivity index (χ1v) is 4.84. The molecule has 0 aliphatic rings. The van der Waals surface area contributed by atoms with Gasteiger partial charge < -0.3 is 5.73 Å². The molecule has 2 N–H and O–H groups in total. The van der Waals surface area contributed by atoms with Gasteiger partial charge in [0.05, 0.1) is 0 Å². The molecule has 0 aromatic carbocycles. The van der Waals surface area contributed by atoms with Crippen LogP contribution in [0.25, 0.3) is 0 Å². The molecule has 0 bridgehead atoms. The predicted molar refractivity (Wildman–Crippen MR) is 55.7 cm³/mol. The van der Waals surface area contributed by atoms with Crippen molar-refractivity contribution >= 4 is 0 Å².